The molecular formula is C18H23ClN2O2. The van der Waals surface area contributed by atoms with Gasteiger partial charge in [-0.25, -0.2) is 0 Å². The van der Waals surface area contributed by atoms with Gasteiger partial charge in [0.15, 0.2) is 0 Å². The molecule has 2 aliphatic rings. The number of nitrogens with zero attached hydrogens (tertiary/aromatic N) is 2. The fraction of sp³-hybridized carbons (Fsp3) is 0.556. The van der Waals surface area contributed by atoms with E-state index in [1.165, 1.54) is 0 Å². The van der Waals surface area contributed by atoms with Crippen LogP contribution in [0.5, 0.6) is 0 Å². The van der Waals surface area contributed by atoms with Crippen LogP contribution in [-0.2, 0) is 9.59 Å². The molecular weight excluding hydrogens is 312 g/mol. The molecule has 1 saturated heterocycles. The topological polar surface area (TPSA) is 40.6 Å². The van der Waals surface area contributed by atoms with Gasteiger partial charge in [0, 0.05) is 30.6 Å². The first-order chi connectivity index (χ1) is 11.1. The van der Waals surface area contributed by atoms with Crippen molar-refractivity contribution in [3.63, 3.8) is 0 Å². The van der Waals surface area contributed by atoms with Gasteiger partial charge in [-0.3, -0.25) is 9.59 Å². The highest BCUT2D eigenvalue weighted by Gasteiger charge is 2.47. The summed E-state index contributed by atoms with van der Waals surface area (Å²) in [5.41, 5.74) is 1.06. The summed E-state index contributed by atoms with van der Waals surface area (Å²) in [5, 5.41) is 0.730. The minimum Gasteiger partial charge on any atom is -0.341 e. The first kappa shape index (κ1) is 16.3. The minimum atomic E-state index is -0.0135. The molecule has 1 heterocycles. The van der Waals surface area contributed by atoms with Gasteiger partial charge in [0.1, 0.15) is 0 Å². The second-order valence-electron chi connectivity index (χ2n) is 6.46. The van der Waals surface area contributed by atoms with Crippen LogP contribution in [0.2, 0.25) is 5.02 Å². The summed E-state index contributed by atoms with van der Waals surface area (Å²) >= 11 is 6.23. The maximum absolute atomic E-state index is 12.7. The summed E-state index contributed by atoms with van der Waals surface area (Å²) in [6, 6.07) is 7.73. The molecule has 0 unspecified atom stereocenters. The molecule has 23 heavy (non-hydrogen) atoms. The fourth-order valence-electron chi connectivity index (χ4n) is 3.44. The maximum atomic E-state index is 12.7. The van der Waals surface area contributed by atoms with Crippen molar-refractivity contribution in [3.8, 4) is 0 Å². The van der Waals surface area contributed by atoms with Crippen LogP contribution in [0.15, 0.2) is 24.3 Å². The molecule has 4 nitrogen and oxygen atoms in total. The molecule has 0 spiro atoms. The van der Waals surface area contributed by atoms with Crippen LogP contribution in [0.25, 0.3) is 0 Å². The van der Waals surface area contributed by atoms with E-state index in [0.29, 0.717) is 6.54 Å². The van der Waals surface area contributed by atoms with Crippen LogP contribution in [-0.4, -0.2) is 47.8 Å². The van der Waals surface area contributed by atoms with Crippen molar-refractivity contribution in [2.24, 2.45) is 5.92 Å². The third-order valence-corrected chi connectivity index (χ3v) is 5.10. The van der Waals surface area contributed by atoms with Gasteiger partial charge >= 0.3 is 0 Å². The van der Waals surface area contributed by atoms with Crippen molar-refractivity contribution >= 4 is 23.4 Å². The summed E-state index contributed by atoms with van der Waals surface area (Å²) in [5.74, 6) is 0.385. The summed E-state index contributed by atoms with van der Waals surface area (Å²) in [6.45, 7) is 4.52. The lowest BCUT2D eigenvalue weighted by atomic mass is 10.1. The summed E-state index contributed by atoms with van der Waals surface area (Å²) in [4.78, 5) is 28.6. The van der Waals surface area contributed by atoms with Crippen molar-refractivity contribution in [2.75, 3.05) is 26.2 Å². The monoisotopic (exact) mass is 334 g/mol. The number of amides is 2. The van der Waals surface area contributed by atoms with Crippen molar-refractivity contribution in [3.05, 3.63) is 34.9 Å². The summed E-state index contributed by atoms with van der Waals surface area (Å²) in [7, 11) is 0. The summed E-state index contributed by atoms with van der Waals surface area (Å²) < 4.78 is 0. The molecule has 5 heteroatoms. The Bertz CT molecular complexity index is 604. The van der Waals surface area contributed by atoms with Gasteiger partial charge in [0.25, 0.3) is 0 Å². The van der Waals surface area contributed by atoms with Gasteiger partial charge in [-0.1, -0.05) is 36.7 Å². The van der Waals surface area contributed by atoms with E-state index in [2.05, 4.69) is 6.92 Å². The van der Waals surface area contributed by atoms with E-state index in [4.69, 9.17) is 11.6 Å². The molecule has 0 N–H and O–H groups in total. The quantitative estimate of drug-likeness (QED) is 0.849. The Morgan fingerprint density at radius 2 is 2.09 bits per heavy atom. The second-order valence-corrected chi connectivity index (χ2v) is 6.87. The van der Waals surface area contributed by atoms with Crippen molar-refractivity contribution < 1.29 is 9.59 Å². The van der Waals surface area contributed by atoms with E-state index in [9.17, 15) is 9.59 Å². The van der Waals surface area contributed by atoms with Gasteiger partial charge in [0.2, 0.25) is 11.8 Å². The van der Waals surface area contributed by atoms with Gasteiger partial charge < -0.3 is 9.80 Å². The Labute approximate surface area is 142 Å². The Hall–Kier alpha value is -1.55. The third-order valence-electron chi connectivity index (χ3n) is 4.75. The SMILES string of the molecule is CCCN1CCCN(C(=O)[C@@H]2C[C@@H]2c2ccccc2Cl)CC1=O. The molecule has 0 bridgehead atoms. The molecule has 0 radical (unpaired) electrons. The Morgan fingerprint density at radius 1 is 1.30 bits per heavy atom. The van der Waals surface area contributed by atoms with Crippen LogP contribution >= 0.6 is 11.6 Å². The van der Waals surface area contributed by atoms with E-state index in [1.54, 1.807) is 4.90 Å². The van der Waals surface area contributed by atoms with Gasteiger partial charge in [0.05, 0.1) is 6.54 Å². The van der Waals surface area contributed by atoms with Crippen LogP contribution in [0, 0.1) is 5.92 Å². The molecule has 2 atom stereocenters. The molecule has 1 aliphatic heterocycles. The first-order valence-corrected chi connectivity index (χ1v) is 8.80. The number of carbonyl (C=O) groups is 2. The highest BCUT2D eigenvalue weighted by atomic mass is 35.5. The maximum Gasteiger partial charge on any atom is 0.242 e. The smallest absolute Gasteiger partial charge is 0.242 e. The average molecular weight is 335 g/mol. The standard InChI is InChI=1S/C18H23ClN2O2/c1-2-8-20-9-5-10-21(12-17(20)22)18(23)15-11-14(15)13-6-3-4-7-16(13)19/h3-4,6-7,14-15H,2,5,8-12H2,1H3/t14-,15-/m1/s1. The third kappa shape index (κ3) is 3.52. The number of rotatable bonds is 4. The Kier molecular flexibility index (Phi) is 4.90. The molecule has 1 aliphatic carbocycles. The number of carbonyl (C=O) groups excluding carboxylic acids is 2. The number of hydrogen-bond donors (Lipinski definition) is 0. The molecule has 1 saturated carbocycles. The van der Waals surface area contributed by atoms with Crippen LogP contribution in [0.4, 0.5) is 0 Å². The highest BCUT2D eigenvalue weighted by molar-refractivity contribution is 6.31. The first-order valence-electron chi connectivity index (χ1n) is 8.42. The lowest BCUT2D eigenvalue weighted by molar-refractivity contribution is -0.139. The van der Waals surface area contributed by atoms with E-state index >= 15 is 0 Å². The Morgan fingerprint density at radius 3 is 2.83 bits per heavy atom. The fourth-order valence-corrected chi connectivity index (χ4v) is 3.71. The zero-order valence-corrected chi connectivity index (χ0v) is 14.3. The lowest BCUT2D eigenvalue weighted by Gasteiger charge is -2.21. The Balaban J connectivity index is 1.63. The molecule has 3 rings (SSSR count). The van der Waals surface area contributed by atoms with Crippen LogP contribution in [0.1, 0.15) is 37.7 Å². The van der Waals surface area contributed by atoms with Gasteiger partial charge in [-0.05, 0) is 36.8 Å². The van der Waals surface area contributed by atoms with E-state index < -0.39 is 0 Å². The number of hydrogen-bond acceptors (Lipinski definition) is 2. The lowest BCUT2D eigenvalue weighted by Crippen LogP contribution is -2.40. The molecule has 2 fully saturated rings. The normalized spacial score (nSPS) is 24.5. The van der Waals surface area contributed by atoms with Gasteiger partial charge in [-0.2, -0.15) is 0 Å². The minimum absolute atomic E-state index is 0.0135. The second kappa shape index (κ2) is 6.91. The largest absolute Gasteiger partial charge is 0.341 e. The van der Waals surface area contributed by atoms with E-state index in [0.717, 1.165) is 42.9 Å². The van der Waals surface area contributed by atoms with Crippen molar-refractivity contribution in [1.82, 2.24) is 9.80 Å². The number of benzene rings is 1. The molecule has 2 amide bonds. The zero-order valence-electron chi connectivity index (χ0n) is 13.5. The zero-order chi connectivity index (χ0) is 16.4. The highest BCUT2D eigenvalue weighted by Crippen LogP contribution is 2.50. The molecule has 1 aromatic carbocycles. The molecule has 0 aromatic heterocycles. The van der Waals surface area contributed by atoms with Crippen molar-refractivity contribution in [2.45, 2.75) is 32.1 Å². The van der Waals surface area contributed by atoms with E-state index in [1.807, 2.05) is 29.2 Å². The predicted octanol–water partition coefficient (Wildman–Crippen LogP) is 2.91. The van der Waals surface area contributed by atoms with Crippen LogP contribution < -0.4 is 0 Å². The molecule has 124 valence electrons. The summed E-state index contributed by atoms with van der Waals surface area (Å²) in [6.07, 6.45) is 2.66. The molecule has 1 aromatic rings. The van der Waals surface area contributed by atoms with Gasteiger partial charge in [-0.15, -0.1) is 0 Å². The van der Waals surface area contributed by atoms with E-state index in [-0.39, 0.29) is 30.2 Å². The number of halogens is 1. The van der Waals surface area contributed by atoms with Crippen molar-refractivity contribution in [1.29, 1.82) is 0 Å². The average Bonchev–Trinajstić information content (AvgIpc) is 3.34. The predicted molar refractivity (Wildman–Crippen MR) is 90.4 cm³/mol. The van der Waals surface area contributed by atoms with Crippen LogP contribution in [0.3, 0.4) is 0 Å².